The Bertz CT molecular complexity index is 355. The molecule has 0 amide bonds. The minimum atomic E-state index is 0.161. The van der Waals surface area contributed by atoms with Crippen LogP contribution in [0.15, 0.2) is 0 Å². The topological polar surface area (TPSA) is 57.2 Å². The fourth-order valence-electron chi connectivity index (χ4n) is 2.99. The summed E-state index contributed by atoms with van der Waals surface area (Å²) < 4.78 is 21.9. The minimum Gasteiger partial charge on any atom is -0.378 e. The Morgan fingerprint density at radius 3 is 1.75 bits per heavy atom. The van der Waals surface area contributed by atoms with Crippen LogP contribution in [0.4, 0.5) is 0 Å². The molecule has 1 aliphatic heterocycles. The molecule has 0 saturated carbocycles. The van der Waals surface area contributed by atoms with Gasteiger partial charge >= 0.3 is 0 Å². The summed E-state index contributed by atoms with van der Waals surface area (Å²) in [5.74, 6) is 0.850. The van der Waals surface area contributed by atoms with E-state index in [1.165, 1.54) is 0 Å². The van der Waals surface area contributed by atoms with Gasteiger partial charge in [-0.2, -0.15) is 0 Å². The van der Waals surface area contributed by atoms with E-state index in [-0.39, 0.29) is 17.9 Å². The smallest absolute Gasteiger partial charge is 0.138 e. The Balaban J connectivity index is 0.00000352. The van der Waals surface area contributed by atoms with Crippen molar-refractivity contribution in [1.82, 2.24) is 4.90 Å². The third kappa shape index (κ3) is 14.5. The Morgan fingerprint density at radius 2 is 1.29 bits per heavy atom. The van der Waals surface area contributed by atoms with E-state index in [4.69, 9.17) is 18.9 Å². The molecule has 0 bridgehead atoms. The van der Waals surface area contributed by atoms with Crippen molar-refractivity contribution < 1.29 is 23.7 Å². The molecule has 0 aromatic rings. The first-order valence-electron chi connectivity index (χ1n) is 11.1. The Labute approximate surface area is 173 Å². The Morgan fingerprint density at radius 1 is 0.821 bits per heavy atom. The summed E-state index contributed by atoms with van der Waals surface area (Å²) in [4.78, 5) is 14.4. The third-order valence-corrected chi connectivity index (χ3v) is 4.53. The lowest BCUT2D eigenvalue weighted by Crippen LogP contribution is -2.39. The van der Waals surface area contributed by atoms with Crippen molar-refractivity contribution in [2.45, 2.75) is 60.5 Å². The number of ketones is 1. The quantitative estimate of drug-likeness (QED) is 0.391. The second-order valence-electron chi connectivity index (χ2n) is 7.43. The molecular weight excluding hydrogens is 358 g/mol. The molecule has 0 spiro atoms. The van der Waals surface area contributed by atoms with Gasteiger partial charge in [-0.25, -0.2) is 0 Å². The van der Waals surface area contributed by atoms with Gasteiger partial charge in [-0.15, -0.1) is 0 Å². The number of nitrogens with zero attached hydrogens (tertiary/aromatic N) is 1. The van der Waals surface area contributed by atoms with Crippen molar-refractivity contribution >= 4 is 5.78 Å². The van der Waals surface area contributed by atoms with Crippen molar-refractivity contribution in [2.75, 3.05) is 65.9 Å². The lowest BCUT2D eigenvalue weighted by atomic mass is 9.87. The molecule has 0 atom stereocenters. The number of piperidine rings is 1. The molecule has 0 aliphatic carbocycles. The fraction of sp³-hybridized carbons (Fsp3) is 0.955. The molecule has 0 aromatic carbocycles. The van der Waals surface area contributed by atoms with Gasteiger partial charge in [0, 0.05) is 18.4 Å². The zero-order valence-corrected chi connectivity index (χ0v) is 19.2. The lowest BCUT2D eigenvalue weighted by Gasteiger charge is -2.31. The predicted octanol–water partition coefficient (Wildman–Crippen LogP) is 3.42. The van der Waals surface area contributed by atoms with E-state index < -0.39 is 0 Å². The van der Waals surface area contributed by atoms with Crippen LogP contribution < -0.4 is 0 Å². The maximum Gasteiger partial charge on any atom is 0.138 e. The van der Waals surface area contributed by atoms with Gasteiger partial charge in [0.05, 0.1) is 52.4 Å². The fourth-order valence-corrected chi connectivity index (χ4v) is 2.99. The number of carbonyl (C=O) groups is 1. The molecule has 1 aliphatic rings. The first kappa shape index (κ1) is 27.5. The standard InChI is InChI=1S/C20H39NO5.C2H6/c1-17(2)20(22)19-5-7-21(8-6-19)9-10-23-11-12-24-13-14-25-15-16-26-18(3)4;1-2/h17-19H,5-16H2,1-4H3;1-2H3. The van der Waals surface area contributed by atoms with E-state index in [1.54, 1.807) is 0 Å². The predicted molar refractivity (Wildman–Crippen MR) is 114 cm³/mol. The summed E-state index contributed by atoms with van der Waals surface area (Å²) in [6.45, 7) is 19.3. The second-order valence-corrected chi connectivity index (χ2v) is 7.43. The van der Waals surface area contributed by atoms with Crippen LogP contribution in [0.3, 0.4) is 0 Å². The van der Waals surface area contributed by atoms with Crippen molar-refractivity contribution in [1.29, 1.82) is 0 Å². The van der Waals surface area contributed by atoms with Gasteiger partial charge in [-0.1, -0.05) is 27.7 Å². The normalized spacial score (nSPS) is 15.7. The Kier molecular flexibility index (Phi) is 18.1. The molecule has 1 fully saturated rings. The SMILES string of the molecule is CC.CC(C)OCCOCCOCCOCCN1CCC(C(=O)C(C)C)CC1. The first-order chi connectivity index (χ1) is 13.5. The highest BCUT2D eigenvalue weighted by molar-refractivity contribution is 5.82. The van der Waals surface area contributed by atoms with Crippen LogP contribution in [0.2, 0.25) is 0 Å². The highest BCUT2D eigenvalue weighted by Crippen LogP contribution is 2.20. The van der Waals surface area contributed by atoms with Crippen LogP contribution in [0.5, 0.6) is 0 Å². The zero-order valence-electron chi connectivity index (χ0n) is 19.2. The molecule has 6 heteroatoms. The van der Waals surface area contributed by atoms with Crippen LogP contribution >= 0.6 is 0 Å². The second kappa shape index (κ2) is 18.5. The van der Waals surface area contributed by atoms with Gasteiger partial charge in [-0.3, -0.25) is 4.79 Å². The molecule has 0 N–H and O–H groups in total. The number of Topliss-reactive ketones (excluding diaryl/α,β-unsaturated/α-hetero) is 1. The van der Waals surface area contributed by atoms with E-state index in [2.05, 4.69) is 4.90 Å². The van der Waals surface area contributed by atoms with Crippen molar-refractivity contribution in [3.8, 4) is 0 Å². The highest BCUT2D eigenvalue weighted by Gasteiger charge is 2.25. The molecule has 0 aromatic heterocycles. The molecular formula is C22H45NO5. The van der Waals surface area contributed by atoms with Gasteiger partial charge < -0.3 is 23.8 Å². The number of carbonyl (C=O) groups excluding carboxylic acids is 1. The first-order valence-corrected chi connectivity index (χ1v) is 11.1. The number of hydrogen-bond donors (Lipinski definition) is 0. The Hall–Kier alpha value is -0.530. The van der Waals surface area contributed by atoms with Gasteiger partial charge in [-0.05, 0) is 39.8 Å². The number of likely N-dealkylation sites (tertiary alicyclic amines) is 1. The molecule has 0 radical (unpaired) electrons. The van der Waals surface area contributed by atoms with E-state index in [1.807, 2.05) is 41.5 Å². The largest absolute Gasteiger partial charge is 0.378 e. The summed E-state index contributed by atoms with van der Waals surface area (Å²) in [7, 11) is 0. The summed E-state index contributed by atoms with van der Waals surface area (Å²) in [5, 5.41) is 0. The minimum absolute atomic E-state index is 0.161. The van der Waals surface area contributed by atoms with Crippen LogP contribution in [0.1, 0.15) is 54.4 Å². The molecule has 1 saturated heterocycles. The van der Waals surface area contributed by atoms with Gasteiger partial charge in [0.2, 0.25) is 0 Å². The summed E-state index contributed by atoms with van der Waals surface area (Å²) in [5.41, 5.74) is 0. The number of hydrogen-bond acceptors (Lipinski definition) is 6. The van der Waals surface area contributed by atoms with E-state index in [0.717, 1.165) is 39.1 Å². The zero-order chi connectivity index (χ0) is 21.2. The van der Waals surface area contributed by atoms with Gasteiger partial charge in [0.1, 0.15) is 5.78 Å². The van der Waals surface area contributed by atoms with Crippen molar-refractivity contribution in [3.05, 3.63) is 0 Å². The average molecular weight is 404 g/mol. The van der Waals surface area contributed by atoms with Gasteiger partial charge in [0.25, 0.3) is 0 Å². The monoisotopic (exact) mass is 403 g/mol. The lowest BCUT2D eigenvalue weighted by molar-refractivity contribution is -0.127. The molecule has 168 valence electrons. The number of ether oxygens (including phenoxy) is 4. The maximum atomic E-state index is 12.0. The van der Waals surface area contributed by atoms with Crippen LogP contribution in [0.25, 0.3) is 0 Å². The third-order valence-electron chi connectivity index (χ3n) is 4.53. The van der Waals surface area contributed by atoms with E-state index in [9.17, 15) is 4.79 Å². The van der Waals surface area contributed by atoms with Crippen LogP contribution in [-0.4, -0.2) is 82.7 Å². The molecule has 6 nitrogen and oxygen atoms in total. The van der Waals surface area contributed by atoms with E-state index >= 15 is 0 Å². The van der Waals surface area contributed by atoms with E-state index in [0.29, 0.717) is 45.4 Å². The average Bonchev–Trinajstić information content (AvgIpc) is 2.70. The molecule has 0 unspecified atom stereocenters. The number of rotatable bonds is 15. The molecule has 28 heavy (non-hydrogen) atoms. The molecule has 1 heterocycles. The maximum absolute atomic E-state index is 12.0. The summed E-state index contributed by atoms with van der Waals surface area (Å²) in [6.07, 6.45) is 2.23. The van der Waals surface area contributed by atoms with Crippen molar-refractivity contribution in [3.63, 3.8) is 0 Å². The van der Waals surface area contributed by atoms with Crippen LogP contribution in [-0.2, 0) is 23.7 Å². The molecule has 1 rings (SSSR count). The summed E-state index contributed by atoms with van der Waals surface area (Å²) >= 11 is 0. The van der Waals surface area contributed by atoms with Crippen LogP contribution in [0, 0.1) is 11.8 Å². The highest BCUT2D eigenvalue weighted by atomic mass is 16.6. The van der Waals surface area contributed by atoms with Gasteiger partial charge in [0.15, 0.2) is 0 Å². The van der Waals surface area contributed by atoms with Crippen molar-refractivity contribution in [2.24, 2.45) is 11.8 Å². The summed E-state index contributed by atoms with van der Waals surface area (Å²) in [6, 6.07) is 0.